The first-order valence-corrected chi connectivity index (χ1v) is 21.5. The van der Waals surface area contributed by atoms with Crippen LogP contribution < -0.4 is 5.73 Å². The van der Waals surface area contributed by atoms with Crippen molar-refractivity contribution in [3.05, 3.63) is 36.5 Å². The van der Waals surface area contributed by atoms with E-state index < -0.39 is 51.1 Å². The number of hydrogen-bond donors (Lipinski definition) is 3. The summed E-state index contributed by atoms with van der Waals surface area (Å²) in [6, 6.07) is -1.52. The second kappa shape index (κ2) is 35.7. The number of esters is 2. The number of carboxylic acids is 1. The van der Waals surface area contributed by atoms with Crippen LogP contribution in [0.25, 0.3) is 0 Å². The molecule has 3 unspecified atom stereocenters. The zero-order valence-corrected chi connectivity index (χ0v) is 33.3. The number of ether oxygens (including phenoxy) is 2. The number of aliphatic carboxylic acids is 1. The standard InChI is InChI=1S/C40H72NO10P/c1-3-5-7-9-11-13-15-17-19-21-23-25-27-29-31-38(42)48-33-36(34-49-52(46,47)50-35-37(41)40(44)45)51-39(43)32-30-28-26-24-22-20-18-16-14-12-10-8-6-4-2/h10,12,15-18,36-37H,3-9,11,13-14,19-35,41H2,1-2H3,(H,44,45)(H,46,47)/b12-10-,17-15-,18-16-. The van der Waals surface area contributed by atoms with Crippen LogP contribution in [0, 0.1) is 0 Å². The molecule has 0 aromatic rings. The quantitative estimate of drug-likeness (QED) is 0.0238. The zero-order valence-electron chi connectivity index (χ0n) is 32.4. The van der Waals surface area contributed by atoms with Gasteiger partial charge in [0.2, 0.25) is 0 Å². The molecule has 0 aliphatic carbocycles. The predicted octanol–water partition coefficient (Wildman–Crippen LogP) is 10.1. The minimum atomic E-state index is -4.72. The van der Waals surface area contributed by atoms with Gasteiger partial charge in [-0.15, -0.1) is 0 Å². The van der Waals surface area contributed by atoms with Gasteiger partial charge in [0.15, 0.2) is 6.10 Å². The van der Waals surface area contributed by atoms with E-state index in [1.165, 1.54) is 44.9 Å². The number of carbonyl (C=O) groups is 3. The molecule has 302 valence electrons. The maximum Gasteiger partial charge on any atom is 0.472 e. The van der Waals surface area contributed by atoms with Gasteiger partial charge in [0, 0.05) is 12.8 Å². The van der Waals surface area contributed by atoms with E-state index in [9.17, 15) is 23.8 Å². The molecule has 0 heterocycles. The number of phosphoric ester groups is 1. The molecule has 0 amide bonds. The van der Waals surface area contributed by atoms with Crippen molar-refractivity contribution in [1.82, 2.24) is 0 Å². The number of unbranched alkanes of at least 4 members (excludes halogenated alkanes) is 17. The molecule has 0 fully saturated rings. The molecule has 0 saturated carbocycles. The number of carbonyl (C=O) groups excluding carboxylic acids is 2. The van der Waals surface area contributed by atoms with Crippen LogP contribution in [0.4, 0.5) is 0 Å². The Morgan fingerprint density at radius 1 is 0.596 bits per heavy atom. The molecule has 0 aromatic carbocycles. The highest BCUT2D eigenvalue weighted by atomic mass is 31.2. The van der Waals surface area contributed by atoms with Crippen LogP contribution >= 0.6 is 7.82 Å². The number of rotatable bonds is 37. The van der Waals surface area contributed by atoms with Crippen molar-refractivity contribution in [2.24, 2.45) is 5.73 Å². The maximum absolute atomic E-state index is 12.6. The van der Waals surface area contributed by atoms with E-state index in [2.05, 4.69) is 54.8 Å². The molecule has 0 aromatic heterocycles. The van der Waals surface area contributed by atoms with Crippen molar-refractivity contribution in [1.29, 1.82) is 0 Å². The van der Waals surface area contributed by atoms with E-state index in [0.717, 1.165) is 83.5 Å². The number of hydrogen-bond acceptors (Lipinski definition) is 9. The molecule has 11 nitrogen and oxygen atoms in total. The predicted molar refractivity (Wildman–Crippen MR) is 208 cm³/mol. The third-order valence-corrected chi connectivity index (χ3v) is 9.31. The summed E-state index contributed by atoms with van der Waals surface area (Å²) in [5, 5.41) is 8.86. The summed E-state index contributed by atoms with van der Waals surface area (Å²) in [5.74, 6) is -2.41. The first kappa shape index (κ1) is 49.7. The number of allylic oxidation sites excluding steroid dienone is 6. The van der Waals surface area contributed by atoms with Crippen molar-refractivity contribution in [2.75, 3.05) is 19.8 Å². The smallest absolute Gasteiger partial charge is 0.472 e. The summed E-state index contributed by atoms with van der Waals surface area (Å²) in [6.07, 6.45) is 36.4. The summed E-state index contributed by atoms with van der Waals surface area (Å²) in [6.45, 7) is 2.71. The average molecular weight is 758 g/mol. The third-order valence-electron chi connectivity index (χ3n) is 8.36. The average Bonchev–Trinajstić information content (AvgIpc) is 3.12. The first-order valence-electron chi connectivity index (χ1n) is 20.0. The number of carboxylic acid groups (broad SMARTS) is 1. The minimum Gasteiger partial charge on any atom is -0.480 e. The topological polar surface area (TPSA) is 172 Å². The Morgan fingerprint density at radius 2 is 1.04 bits per heavy atom. The van der Waals surface area contributed by atoms with Crippen molar-refractivity contribution < 1.29 is 47.5 Å². The lowest BCUT2D eigenvalue weighted by Gasteiger charge is -2.20. The van der Waals surface area contributed by atoms with E-state index in [0.29, 0.717) is 12.8 Å². The minimum absolute atomic E-state index is 0.143. The molecule has 0 aliphatic heterocycles. The van der Waals surface area contributed by atoms with Crippen LogP contribution in [0.2, 0.25) is 0 Å². The van der Waals surface area contributed by atoms with Crippen molar-refractivity contribution in [2.45, 2.75) is 180 Å². The van der Waals surface area contributed by atoms with E-state index in [4.69, 9.17) is 24.8 Å². The normalized spacial score (nSPS) is 14.2. The largest absolute Gasteiger partial charge is 0.480 e. The summed E-state index contributed by atoms with van der Waals surface area (Å²) in [4.78, 5) is 45.8. The number of phosphoric acid groups is 1. The summed E-state index contributed by atoms with van der Waals surface area (Å²) < 4.78 is 32.6. The van der Waals surface area contributed by atoms with Crippen LogP contribution in [-0.4, -0.2) is 59.9 Å². The van der Waals surface area contributed by atoms with Gasteiger partial charge in [-0.05, 0) is 64.2 Å². The molecule has 0 radical (unpaired) electrons. The lowest BCUT2D eigenvalue weighted by Crippen LogP contribution is -2.34. The monoisotopic (exact) mass is 757 g/mol. The first-order chi connectivity index (χ1) is 25.1. The van der Waals surface area contributed by atoms with Gasteiger partial charge in [0.05, 0.1) is 13.2 Å². The van der Waals surface area contributed by atoms with Gasteiger partial charge in [-0.3, -0.25) is 23.4 Å². The molecule has 0 spiro atoms. The van der Waals surface area contributed by atoms with Crippen LogP contribution in [0.5, 0.6) is 0 Å². The lowest BCUT2D eigenvalue weighted by atomic mass is 10.1. The maximum atomic E-state index is 12.6. The Labute approximate surface area is 314 Å². The van der Waals surface area contributed by atoms with Crippen molar-refractivity contribution in [3.63, 3.8) is 0 Å². The highest BCUT2D eigenvalue weighted by Crippen LogP contribution is 2.43. The van der Waals surface area contributed by atoms with Crippen molar-refractivity contribution in [3.8, 4) is 0 Å². The summed E-state index contributed by atoms with van der Waals surface area (Å²) in [7, 11) is -4.72. The second-order valence-corrected chi connectivity index (χ2v) is 14.9. The molecule has 52 heavy (non-hydrogen) atoms. The highest BCUT2D eigenvalue weighted by Gasteiger charge is 2.28. The Bertz CT molecular complexity index is 1030. The lowest BCUT2D eigenvalue weighted by molar-refractivity contribution is -0.161. The van der Waals surface area contributed by atoms with Gasteiger partial charge in [-0.2, -0.15) is 0 Å². The summed E-state index contributed by atoms with van der Waals surface area (Å²) >= 11 is 0. The zero-order chi connectivity index (χ0) is 38.5. The highest BCUT2D eigenvalue weighted by molar-refractivity contribution is 7.47. The van der Waals surface area contributed by atoms with Crippen LogP contribution in [0.3, 0.4) is 0 Å². The molecule has 0 bridgehead atoms. The van der Waals surface area contributed by atoms with E-state index in [1.54, 1.807) is 0 Å². The summed E-state index contributed by atoms with van der Waals surface area (Å²) in [5.41, 5.74) is 5.32. The van der Waals surface area contributed by atoms with E-state index >= 15 is 0 Å². The van der Waals surface area contributed by atoms with Gasteiger partial charge in [0.25, 0.3) is 0 Å². The van der Waals surface area contributed by atoms with Gasteiger partial charge < -0.3 is 25.2 Å². The van der Waals surface area contributed by atoms with E-state index in [-0.39, 0.29) is 19.4 Å². The van der Waals surface area contributed by atoms with Crippen LogP contribution in [-0.2, 0) is 37.5 Å². The molecule has 12 heteroatoms. The fraction of sp³-hybridized carbons (Fsp3) is 0.775. The molecule has 4 N–H and O–H groups in total. The third kappa shape index (κ3) is 34.8. The Hall–Kier alpha value is -2.30. The molecular weight excluding hydrogens is 685 g/mol. The van der Waals surface area contributed by atoms with Gasteiger partial charge in [-0.1, -0.05) is 127 Å². The van der Waals surface area contributed by atoms with Gasteiger partial charge in [0.1, 0.15) is 12.6 Å². The SMILES string of the molecule is CCCC/C=C\C/C=C\CCCCCCCC(=O)OC(COC(=O)CCCCCCC/C=C\CCCCCCC)COP(=O)(O)OCC(N)C(=O)O. The molecular formula is C40H72NO10P. The molecule has 0 saturated heterocycles. The number of nitrogens with two attached hydrogens (primary N) is 1. The fourth-order valence-corrected chi connectivity index (χ4v) is 5.91. The van der Waals surface area contributed by atoms with Crippen LogP contribution in [0.1, 0.15) is 168 Å². The second-order valence-electron chi connectivity index (χ2n) is 13.4. The van der Waals surface area contributed by atoms with Crippen molar-refractivity contribution >= 4 is 25.7 Å². The molecule has 0 rings (SSSR count). The fourth-order valence-electron chi connectivity index (χ4n) is 5.13. The Kier molecular flexibility index (Phi) is 34.1. The van der Waals surface area contributed by atoms with Gasteiger partial charge >= 0.3 is 25.7 Å². The Morgan fingerprint density at radius 3 is 1.58 bits per heavy atom. The molecule has 3 atom stereocenters. The van der Waals surface area contributed by atoms with Crippen LogP contribution in [0.15, 0.2) is 36.5 Å². The molecule has 0 aliphatic rings. The van der Waals surface area contributed by atoms with E-state index in [1.807, 2.05) is 0 Å². The van der Waals surface area contributed by atoms with Gasteiger partial charge in [-0.25, -0.2) is 4.57 Å². The Balaban J connectivity index is 4.46.